The van der Waals surface area contributed by atoms with Gasteiger partial charge in [-0.2, -0.15) is 4.99 Å². The van der Waals surface area contributed by atoms with Crippen molar-refractivity contribution in [3.05, 3.63) is 0 Å². The SMILES string of the molecule is NC(N)=NC#CC(=O)O. The highest BCUT2D eigenvalue weighted by Gasteiger charge is 1.80. The van der Waals surface area contributed by atoms with Crippen molar-refractivity contribution in [2.45, 2.75) is 0 Å². The third-order valence-electron chi connectivity index (χ3n) is 0.348. The van der Waals surface area contributed by atoms with Crippen molar-refractivity contribution < 1.29 is 9.90 Å². The molecule has 0 fully saturated rings. The molecule has 48 valence electrons. The number of rotatable bonds is 0. The van der Waals surface area contributed by atoms with Gasteiger partial charge in [-0.3, -0.25) is 0 Å². The molecule has 0 spiro atoms. The summed E-state index contributed by atoms with van der Waals surface area (Å²) in [4.78, 5) is 12.8. The van der Waals surface area contributed by atoms with Gasteiger partial charge in [0.05, 0.1) is 0 Å². The summed E-state index contributed by atoms with van der Waals surface area (Å²) in [5.41, 5.74) is 9.62. The van der Waals surface area contributed by atoms with E-state index in [1.54, 1.807) is 5.92 Å². The van der Waals surface area contributed by atoms with Crippen LogP contribution in [0.2, 0.25) is 0 Å². The molecule has 0 aromatic rings. The molecule has 0 aliphatic heterocycles. The average Bonchev–Trinajstić information content (AvgIpc) is 1.63. The first kappa shape index (κ1) is 7.30. The third-order valence-corrected chi connectivity index (χ3v) is 0.348. The van der Waals surface area contributed by atoms with Crippen LogP contribution in [-0.2, 0) is 4.79 Å². The standard InChI is InChI=1S/C4H5N3O2/c5-4(6)7-2-1-3(8)9/h(H,8,9)(H4,5,6,7). The van der Waals surface area contributed by atoms with Crippen molar-refractivity contribution in [1.29, 1.82) is 0 Å². The molecule has 0 rings (SSSR count). The monoisotopic (exact) mass is 127 g/mol. The predicted octanol–water partition coefficient (Wildman–Crippen LogP) is -1.69. The van der Waals surface area contributed by atoms with Crippen LogP contribution >= 0.6 is 0 Å². The fourth-order valence-electron chi connectivity index (χ4n) is 0.140. The first-order valence-electron chi connectivity index (χ1n) is 1.95. The lowest BCUT2D eigenvalue weighted by atomic mass is 10.7. The summed E-state index contributed by atoms with van der Waals surface area (Å²) in [6.45, 7) is 0. The second-order valence-electron chi connectivity index (χ2n) is 1.08. The minimum atomic E-state index is -1.26. The van der Waals surface area contributed by atoms with Crippen LogP contribution < -0.4 is 11.5 Å². The largest absolute Gasteiger partial charge is 0.472 e. The van der Waals surface area contributed by atoms with Crippen molar-refractivity contribution in [1.82, 2.24) is 0 Å². The average molecular weight is 127 g/mol. The predicted molar refractivity (Wildman–Crippen MR) is 31.2 cm³/mol. The fourth-order valence-corrected chi connectivity index (χ4v) is 0.140. The molecule has 0 heterocycles. The number of aliphatic carboxylic acids is 1. The summed E-state index contributed by atoms with van der Waals surface area (Å²) in [5, 5.41) is 7.90. The number of guanidine groups is 1. The Morgan fingerprint density at radius 2 is 2.11 bits per heavy atom. The molecule has 0 atom stereocenters. The fraction of sp³-hybridized carbons (Fsp3) is 0. The highest BCUT2D eigenvalue weighted by Crippen LogP contribution is 1.59. The van der Waals surface area contributed by atoms with Crippen LogP contribution in [0.4, 0.5) is 0 Å². The Morgan fingerprint density at radius 1 is 1.56 bits per heavy atom. The number of aliphatic imine (C=N–C) groups is 1. The molecule has 0 saturated heterocycles. The molecule has 0 aliphatic rings. The van der Waals surface area contributed by atoms with Gasteiger partial charge in [0.1, 0.15) is 0 Å². The van der Waals surface area contributed by atoms with Crippen LogP contribution in [0.25, 0.3) is 0 Å². The maximum atomic E-state index is 9.66. The van der Waals surface area contributed by atoms with Crippen LogP contribution in [0.3, 0.4) is 0 Å². The van der Waals surface area contributed by atoms with Gasteiger partial charge in [-0.1, -0.05) is 0 Å². The normalized spacial score (nSPS) is 6.67. The number of carboxylic acid groups (broad SMARTS) is 1. The maximum absolute atomic E-state index is 9.66. The molecule has 0 radical (unpaired) electrons. The van der Waals surface area contributed by atoms with Crippen LogP contribution in [0, 0.1) is 12.0 Å². The summed E-state index contributed by atoms with van der Waals surface area (Å²) in [5.74, 6) is 0.186. The van der Waals surface area contributed by atoms with E-state index in [2.05, 4.69) is 4.99 Å². The summed E-state index contributed by atoms with van der Waals surface area (Å²) in [6, 6.07) is 1.87. The van der Waals surface area contributed by atoms with E-state index in [4.69, 9.17) is 16.6 Å². The van der Waals surface area contributed by atoms with Crippen molar-refractivity contribution in [2.75, 3.05) is 0 Å². The second kappa shape index (κ2) is 3.32. The molecule has 5 nitrogen and oxygen atoms in total. The van der Waals surface area contributed by atoms with E-state index in [1.165, 1.54) is 0 Å². The molecular weight excluding hydrogens is 122 g/mol. The Morgan fingerprint density at radius 3 is 2.44 bits per heavy atom. The van der Waals surface area contributed by atoms with Gasteiger partial charge in [-0.05, 0) is 0 Å². The molecule has 0 unspecified atom stereocenters. The first-order valence-corrected chi connectivity index (χ1v) is 1.95. The van der Waals surface area contributed by atoms with Crippen molar-refractivity contribution in [2.24, 2.45) is 16.5 Å². The molecule has 5 N–H and O–H groups in total. The van der Waals surface area contributed by atoms with E-state index in [0.717, 1.165) is 0 Å². The Kier molecular flexibility index (Phi) is 2.69. The number of nitrogens with zero attached hydrogens (tertiary/aromatic N) is 1. The lowest BCUT2D eigenvalue weighted by Crippen LogP contribution is -2.21. The zero-order valence-corrected chi connectivity index (χ0v) is 4.46. The van der Waals surface area contributed by atoms with Crippen molar-refractivity contribution in [3.8, 4) is 12.0 Å². The quantitative estimate of drug-likeness (QED) is 0.205. The molecule has 0 aromatic carbocycles. The number of hydrogen-bond acceptors (Lipinski definition) is 2. The van der Waals surface area contributed by atoms with Crippen LogP contribution in [-0.4, -0.2) is 17.0 Å². The Hall–Kier alpha value is -1.70. The topological polar surface area (TPSA) is 102 Å². The van der Waals surface area contributed by atoms with E-state index in [-0.39, 0.29) is 5.96 Å². The van der Waals surface area contributed by atoms with Crippen LogP contribution in [0.15, 0.2) is 4.99 Å². The summed E-state index contributed by atoms with van der Waals surface area (Å²) >= 11 is 0. The summed E-state index contributed by atoms with van der Waals surface area (Å²) in [6.07, 6.45) is 0. The molecular formula is C4H5N3O2. The zero-order valence-electron chi connectivity index (χ0n) is 4.46. The van der Waals surface area contributed by atoms with Gasteiger partial charge < -0.3 is 16.6 Å². The smallest absolute Gasteiger partial charge is 0.383 e. The van der Waals surface area contributed by atoms with E-state index in [9.17, 15) is 4.79 Å². The second-order valence-corrected chi connectivity index (χ2v) is 1.08. The summed E-state index contributed by atoms with van der Waals surface area (Å²) < 4.78 is 0. The van der Waals surface area contributed by atoms with E-state index < -0.39 is 5.97 Å². The minimum absolute atomic E-state index is 0.247. The molecule has 0 saturated carbocycles. The summed E-state index contributed by atoms with van der Waals surface area (Å²) in [7, 11) is 0. The van der Waals surface area contributed by atoms with Crippen LogP contribution in [0.5, 0.6) is 0 Å². The van der Waals surface area contributed by atoms with Gasteiger partial charge in [0, 0.05) is 12.0 Å². The number of carboxylic acids is 1. The molecule has 5 heteroatoms. The third kappa shape index (κ3) is 6.30. The molecule has 0 aliphatic carbocycles. The van der Waals surface area contributed by atoms with Crippen LogP contribution in [0.1, 0.15) is 0 Å². The Bertz CT molecular complexity index is 194. The van der Waals surface area contributed by atoms with Gasteiger partial charge in [-0.15, -0.1) is 0 Å². The molecule has 0 aromatic heterocycles. The zero-order chi connectivity index (χ0) is 7.28. The highest BCUT2D eigenvalue weighted by atomic mass is 16.4. The van der Waals surface area contributed by atoms with Crippen molar-refractivity contribution >= 4 is 11.9 Å². The van der Waals surface area contributed by atoms with Gasteiger partial charge in [0.2, 0.25) is 0 Å². The minimum Gasteiger partial charge on any atom is -0.472 e. The van der Waals surface area contributed by atoms with Gasteiger partial charge in [-0.25, -0.2) is 4.79 Å². The van der Waals surface area contributed by atoms with Gasteiger partial charge >= 0.3 is 5.97 Å². The number of carbonyl (C=O) groups is 1. The van der Waals surface area contributed by atoms with E-state index >= 15 is 0 Å². The molecule has 0 bridgehead atoms. The maximum Gasteiger partial charge on any atom is 0.383 e. The van der Waals surface area contributed by atoms with Gasteiger partial charge in [0.15, 0.2) is 5.96 Å². The van der Waals surface area contributed by atoms with E-state index in [1.807, 2.05) is 6.04 Å². The Labute approximate surface area is 51.4 Å². The lowest BCUT2D eigenvalue weighted by Gasteiger charge is -1.77. The number of hydrogen-bond donors (Lipinski definition) is 3. The number of nitrogens with two attached hydrogens (primary N) is 2. The Balaban J connectivity index is 3.91. The molecule has 0 amide bonds. The van der Waals surface area contributed by atoms with E-state index in [0.29, 0.717) is 0 Å². The lowest BCUT2D eigenvalue weighted by molar-refractivity contribution is -0.130. The van der Waals surface area contributed by atoms with Crippen molar-refractivity contribution in [3.63, 3.8) is 0 Å². The van der Waals surface area contributed by atoms with Gasteiger partial charge in [0.25, 0.3) is 0 Å². The first-order chi connectivity index (χ1) is 4.13. The highest BCUT2D eigenvalue weighted by molar-refractivity contribution is 5.87. The molecule has 9 heavy (non-hydrogen) atoms.